The smallest absolute Gasteiger partial charge is 0.0826 e. The lowest BCUT2D eigenvalue weighted by molar-refractivity contribution is -0.0265. The topological polar surface area (TPSA) is 24.5 Å². The molecule has 1 unspecified atom stereocenters. The fourth-order valence-electron chi connectivity index (χ4n) is 1.72. The van der Waals surface area contributed by atoms with Gasteiger partial charge in [0.2, 0.25) is 0 Å². The van der Waals surface area contributed by atoms with Crippen LogP contribution in [0.25, 0.3) is 0 Å². The molecule has 78 valence electrons. The van der Waals surface area contributed by atoms with Gasteiger partial charge in [-0.1, -0.05) is 13.3 Å². The molecular weight excluding hydrogens is 164 g/mol. The van der Waals surface area contributed by atoms with Crippen molar-refractivity contribution in [1.29, 1.82) is 0 Å². The van der Waals surface area contributed by atoms with E-state index in [-0.39, 0.29) is 0 Å². The summed E-state index contributed by atoms with van der Waals surface area (Å²) in [6.45, 7) is 7.56. The number of hydrogen-bond donors (Lipinski definition) is 1. The van der Waals surface area contributed by atoms with E-state index in [1.165, 1.54) is 19.4 Å². The molecule has 1 aliphatic heterocycles. The summed E-state index contributed by atoms with van der Waals surface area (Å²) in [5.41, 5.74) is 0. The van der Waals surface area contributed by atoms with Crippen LogP contribution in [0, 0.1) is 0 Å². The zero-order valence-corrected chi connectivity index (χ0v) is 8.88. The number of unbranched alkanes of at least 4 members (excludes halogenated alkanes) is 1. The summed E-state index contributed by atoms with van der Waals surface area (Å²) in [7, 11) is 1.98. The number of morpholine rings is 1. The van der Waals surface area contributed by atoms with Crippen LogP contribution in [0.2, 0.25) is 0 Å². The molecule has 3 heteroatoms. The van der Waals surface area contributed by atoms with E-state index in [0.717, 1.165) is 26.2 Å². The molecule has 13 heavy (non-hydrogen) atoms. The molecule has 1 atom stereocenters. The normalized spacial score (nSPS) is 24.9. The SMILES string of the molecule is CCCCN1CCOC(CNC)C1. The lowest BCUT2D eigenvalue weighted by atomic mass is 10.2. The Morgan fingerprint density at radius 2 is 2.38 bits per heavy atom. The first kappa shape index (κ1) is 11.0. The maximum Gasteiger partial charge on any atom is 0.0826 e. The zero-order valence-electron chi connectivity index (χ0n) is 8.88. The van der Waals surface area contributed by atoms with Gasteiger partial charge < -0.3 is 10.1 Å². The van der Waals surface area contributed by atoms with E-state index >= 15 is 0 Å². The van der Waals surface area contributed by atoms with Crippen molar-refractivity contribution in [2.45, 2.75) is 25.9 Å². The van der Waals surface area contributed by atoms with Gasteiger partial charge in [0.05, 0.1) is 12.7 Å². The van der Waals surface area contributed by atoms with Crippen molar-refractivity contribution >= 4 is 0 Å². The molecule has 1 aliphatic rings. The predicted octanol–water partition coefficient (Wildman–Crippen LogP) is 0.707. The zero-order chi connectivity index (χ0) is 9.52. The van der Waals surface area contributed by atoms with Crippen LogP contribution in [0.15, 0.2) is 0 Å². The molecule has 0 aliphatic carbocycles. The van der Waals surface area contributed by atoms with E-state index < -0.39 is 0 Å². The quantitative estimate of drug-likeness (QED) is 0.684. The van der Waals surface area contributed by atoms with Gasteiger partial charge in [0.25, 0.3) is 0 Å². The second-order valence-electron chi connectivity index (χ2n) is 3.70. The molecule has 1 heterocycles. The van der Waals surface area contributed by atoms with Crippen molar-refractivity contribution in [1.82, 2.24) is 10.2 Å². The Bertz CT molecular complexity index is 128. The lowest BCUT2D eigenvalue weighted by Gasteiger charge is -2.32. The van der Waals surface area contributed by atoms with Gasteiger partial charge in [-0.05, 0) is 20.0 Å². The molecule has 1 fully saturated rings. The minimum absolute atomic E-state index is 0.399. The molecule has 1 rings (SSSR count). The first-order valence-electron chi connectivity index (χ1n) is 5.35. The lowest BCUT2D eigenvalue weighted by Crippen LogP contribution is -2.46. The molecule has 0 aromatic rings. The van der Waals surface area contributed by atoms with E-state index in [1.807, 2.05) is 7.05 Å². The molecular formula is C10H22N2O. The molecule has 0 amide bonds. The predicted molar refractivity (Wildman–Crippen MR) is 55.0 cm³/mol. The van der Waals surface area contributed by atoms with E-state index in [0.29, 0.717) is 6.10 Å². The summed E-state index contributed by atoms with van der Waals surface area (Å²) >= 11 is 0. The minimum atomic E-state index is 0.399. The number of nitrogens with zero attached hydrogens (tertiary/aromatic N) is 1. The third kappa shape index (κ3) is 4.07. The van der Waals surface area contributed by atoms with Gasteiger partial charge in [0, 0.05) is 19.6 Å². The highest BCUT2D eigenvalue weighted by Gasteiger charge is 2.18. The first-order chi connectivity index (χ1) is 6.36. The Morgan fingerprint density at radius 3 is 3.08 bits per heavy atom. The van der Waals surface area contributed by atoms with Crippen LogP contribution in [0.3, 0.4) is 0 Å². The van der Waals surface area contributed by atoms with E-state index in [2.05, 4.69) is 17.1 Å². The summed E-state index contributed by atoms with van der Waals surface area (Å²) in [4.78, 5) is 2.51. The van der Waals surface area contributed by atoms with Crippen LogP contribution >= 0.6 is 0 Å². The van der Waals surface area contributed by atoms with Crippen LogP contribution in [0.4, 0.5) is 0 Å². The number of likely N-dealkylation sites (N-methyl/N-ethyl adjacent to an activating group) is 1. The molecule has 0 bridgehead atoms. The standard InChI is InChI=1S/C10H22N2O/c1-3-4-5-12-6-7-13-10(9-12)8-11-2/h10-11H,3-9H2,1-2H3. The highest BCUT2D eigenvalue weighted by molar-refractivity contribution is 4.72. The molecule has 0 spiro atoms. The van der Waals surface area contributed by atoms with Crippen LogP contribution in [-0.4, -0.2) is 50.8 Å². The van der Waals surface area contributed by atoms with E-state index in [4.69, 9.17) is 4.74 Å². The Hall–Kier alpha value is -0.120. The number of ether oxygens (including phenoxy) is 1. The fourth-order valence-corrected chi connectivity index (χ4v) is 1.72. The minimum Gasteiger partial charge on any atom is -0.374 e. The molecule has 0 saturated carbocycles. The van der Waals surface area contributed by atoms with Crippen molar-refractivity contribution < 1.29 is 4.74 Å². The Labute approximate surface area is 81.4 Å². The van der Waals surface area contributed by atoms with Gasteiger partial charge in [0.15, 0.2) is 0 Å². The summed E-state index contributed by atoms with van der Waals surface area (Å²) in [6.07, 6.45) is 3.00. The number of rotatable bonds is 5. The Kier molecular flexibility index (Phi) is 5.35. The van der Waals surface area contributed by atoms with Crippen molar-refractivity contribution in [2.75, 3.05) is 39.8 Å². The monoisotopic (exact) mass is 186 g/mol. The largest absolute Gasteiger partial charge is 0.374 e. The molecule has 1 saturated heterocycles. The van der Waals surface area contributed by atoms with Crippen molar-refractivity contribution in [3.05, 3.63) is 0 Å². The Balaban J connectivity index is 2.16. The van der Waals surface area contributed by atoms with Gasteiger partial charge >= 0.3 is 0 Å². The molecule has 0 aromatic heterocycles. The third-order valence-electron chi connectivity index (χ3n) is 2.48. The van der Waals surface area contributed by atoms with Gasteiger partial charge in [-0.2, -0.15) is 0 Å². The van der Waals surface area contributed by atoms with Gasteiger partial charge in [-0.3, -0.25) is 4.90 Å². The van der Waals surface area contributed by atoms with Gasteiger partial charge in [-0.25, -0.2) is 0 Å². The van der Waals surface area contributed by atoms with E-state index in [1.54, 1.807) is 0 Å². The van der Waals surface area contributed by atoms with Gasteiger partial charge in [-0.15, -0.1) is 0 Å². The second kappa shape index (κ2) is 6.35. The van der Waals surface area contributed by atoms with Crippen molar-refractivity contribution in [2.24, 2.45) is 0 Å². The van der Waals surface area contributed by atoms with Crippen molar-refractivity contribution in [3.63, 3.8) is 0 Å². The molecule has 1 N–H and O–H groups in total. The van der Waals surface area contributed by atoms with Crippen molar-refractivity contribution in [3.8, 4) is 0 Å². The second-order valence-corrected chi connectivity index (χ2v) is 3.70. The highest BCUT2D eigenvalue weighted by atomic mass is 16.5. The van der Waals surface area contributed by atoms with Crippen LogP contribution in [0.1, 0.15) is 19.8 Å². The summed E-state index contributed by atoms with van der Waals surface area (Å²) < 4.78 is 5.62. The maximum absolute atomic E-state index is 5.62. The average Bonchev–Trinajstić information content (AvgIpc) is 2.16. The van der Waals surface area contributed by atoms with Crippen LogP contribution in [0.5, 0.6) is 0 Å². The van der Waals surface area contributed by atoms with E-state index in [9.17, 15) is 0 Å². The third-order valence-corrected chi connectivity index (χ3v) is 2.48. The molecule has 0 aromatic carbocycles. The number of hydrogen-bond acceptors (Lipinski definition) is 3. The first-order valence-corrected chi connectivity index (χ1v) is 5.35. The summed E-state index contributed by atoms with van der Waals surface area (Å²) in [6, 6.07) is 0. The maximum atomic E-state index is 5.62. The summed E-state index contributed by atoms with van der Waals surface area (Å²) in [5.74, 6) is 0. The Morgan fingerprint density at radius 1 is 1.54 bits per heavy atom. The molecule has 0 radical (unpaired) electrons. The van der Waals surface area contributed by atoms with Crippen LogP contribution in [-0.2, 0) is 4.74 Å². The fraction of sp³-hybridized carbons (Fsp3) is 1.00. The van der Waals surface area contributed by atoms with Gasteiger partial charge in [0.1, 0.15) is 0 Å². The van der Waals surface area contributed by atoms with Crippen LogP contribution < -0.4 is 5.32 Å². The number of nitrogens with one attached hydrogen (secondary N) is 1. The summed E-state index contributed by atoms with van der Waals surface area (Å²) in [5, 5.41) is 3.16. The molecule has 3 nitrogen and oxygen atoms in total. The average molecular weight is 186 g/mol. The highest BCUT2D eigenvalue weighted by Crippen LogP contribution is 2.05.